The molecule has 0 radical (unpaired) electrons. The maximum Gasteiger partial charge on any atom is 0.0279 e. The average molecular weight is 189 g/mol. The molecule has 14 heavy (non-hydrogen) atoms. The number of nitrogens with zero attached hydrogens (tertiary/aromatic N) is 1. The maximum absolute atomic E-state index is 2.31. The highest BCUT2D eigenvalue weighted by Gasteiger charge is 2.20. The first-order valence-corrected chi connectivity index (χ1v) is 5.47. The molecule has 1 aromatic rings. The highest BCUT2D eigenvalue weighted by molar-refractivity contribution is 5.61. The molecule has 1 nitrogen and oxygen atoms in total. The number of aromatic nitrogens is 1. The van der Waals surface area contributed by atoms with Gasteiger partial charge in [0.05, 0.1) is 0 Å². The lowest BCUT2D eigenvalue weighted by molar-refractivity contribution is 0.688. The second-order valence-electron chi connectivity index (χ2n) is 4.69. The minimum Gasteiger partial charge on any atom is -0.353 e. The Balaban J connectivity index is 2.59. The fourth-order valence-electron chi connectivity index (χ4n) is 2.44. The molecule has 0 N–H and O–H groups in total. The van der Waals surface area contributed by atoms with Gasteiger partial charge in [0.1, 0.15) is 0 Å². The second kappa shape index (κ2) is 3.30. The average Bonchev–Trinajstić information content (AvgIpc) is 2.45. The van der Waals surface area contributed by atoms with Crippen LogP contribution in [0.4, 0.5) is 0 Å². The van der Waals surface area contributed by atoms with Crippen molar-refractivity contribution in [2.75, 3.05) is 0 Å². The van der Waals surface area contributed by atoms with Crippen LogP contribution in [-0.2, 0) is 7.05 Å². The standard InChI is InChI=1S/C13H19N/c1-9(2)12-8-14(4)13-10(3)6-5-7-11(12)13/h5,7-10H,6H2,1-4H3. The fraction of sp³-hybridized carbons (Fsp3) is 0.538. The summed E-state index contributed by atoms with van der Waals surface area (Å²) >= 11 is 0. The van der Waals surface area contributed by atoms with Crippen LogP contribution in [0.3, 0.4) is 0 Å². The zero-order valence-electron chi connectivity index (χ0n) is 9.54. The fourth-order valence-corrected chi connectivity index (χ4v) is 2.44. The van der Waals surface area contributed by atoms with Crippen molar-refractivity contribution in [1.82, 2.24) is 4.57 Å². The van der Waals surface area contributed by atoms with E-state index in [4.69, 9.17) is 0 Å². The largest absolute Gasteiger partial charge is 0.353 e. The Morgan fingerprint density at radius 3 is 2.79 bits per heavy atom. The summed E-state index contributed by atoms with van der Waals surface area (Å²) in [5, 5.41) is 0. The zero-order valence-corrected chi connectivity index (χ0v) is 9.54. The van der Waals surface area contributed by atoms with Gasteiger partial charge >= 0.3 is 0 Å². The third kappa shape index (κ3) is 1.31. The van der Waals surface area contributed by atoms with Crippen molar-refractivity contribution in [3.63, 3.8) is 0 Å². The summed E-state index contributed by atoms with van der Waals surface area (Å²) in [4.78, 5) is 0. The summed E-state index contributed by atoms with van der Waals surface area (Å²) in [6.07, 6.45) is 8.08. The topological polar surface area (TPSA) is 4.93 Å². The Hall–Kier alpha value is -0.980. The van der Waals surface area contributed by atoms with Crippen molar-refractivity contribution in [2.24, 2.45) is 7.05 Å². The van der Waals surface area contributed by atoms with Gasteiger partial charge in [0.15, 0.2) is 0 Å². The molecule has 0 spiro atoms. The third-order valence-corrected chi connectivity index (χ3v) is 3.16. The number of allylic oxidation sites excluding steroid dienone is 1. The first-order chi connectivity index (χ1) is 6.61. The molecule has 1 aliphatic rings. The summed E-state index contributed by atoms with van der Waals surface area (Å²) < 4.78 is 2.30. The maximum atomic E-state index is 2.31. The van der Waals surface area contributed by atoms with Crippen LogP contribution in [0.1, 0.15) is 55.8 Å². The van der Waals surface area contributed by atoms with Crippen LogP contribution < -0.4 is 0 Å². The molecule has 76 valence electrons. The molecule has 0 saturated carbocycles. The molecule has 0 saturated heterocycles. The van der Waals surface area contributed by atoms with Gasteiger partial charge in [0.25, 0.3) is 0 Å². The van der Waals surface area contributed by atoms with Gasteiger partial charge in [-0.3, -0.25) is 0 Å². The lowest BCUT2D eigenvalue weighted by Crippen LogP contribution is -2.04. The smallest absolute Gasteiger partial charge is 0.0279 e. The predicted octanol–water partition coefficient (Wildman–Crippen LogP) is 3.67. The molecule has 1 unspecified atom stereocenters. The van der Waals surface area contributed by atoms with E-state index in [-0.39, 0.29) is 0 Å². The molecule has 0 aromatic carbocycles. The van der Waals surface area contributed by atoms with Gasteiger partial charge in [-0.15, -0.1) is 0 Å². The Bertz CT molecular complexity index is 369. The van der Waals surface area contributed by atoms with Gasteiger partial charge in [-0.1, -0.05) is 32.9 Å². The van der Waals surface area contributed by atoms with Crippen LogP contribution in [0, 0.1) is 0 Å². The van der Waals surface area contributed by atoms with Crippen LogP contribution in [0.25, 0.3) is 6.08 Å². The van der Waals surface area contributed by atoms with E-state index in [0.717, 1.165) is 0 Å². The SMILES string of the molecule is CC(C)c1cn(C)c2c1C=CCC2C. The molecule has 0 fully saturated rings. The molecule has 0 amide bonds. The van der Waals surface area contributed by atoms with Crippen LogP contribution in [0.15, 0.2) is 12.3 Å². The molecule has 1 aromatic heterocycles. The predicted molar refractivity (Wildman–Crippen MR) is 61.6 cm³/mol. The Labute approximate surface area is 86.4 Å². The summed E-state index contributed by atoms with van der Waals surface area (Å²) in [6, 6.07) is 0. The highest BCUT2D eigenvalue weighted by Crippen LogP contribution is 2.35. The summed E-state index contributed by atoms with van der Waals surface area (Å²) in [5.74, 6) is 1.30. The van der Waals surface area contributed by atoms with Gasteiger partial charge in [0, 0.05) is 24.9 Å². The molecule has 1 aliphatic carbocycles. The van der Waals surface area contributed by atoms with E-state index >= 15 is 0 Å². The second-order valence-corrected chi connectivity index (χ2v) is 4.69. The van der Waals surface area contributed by atoms with Crippen molar-refractivity contribution in [3.8, 4) is 0 Å². The number of hydrogen-bond acceptors (Lipinski definition) is 0. The molecular formula is C13H19N. The quantitative estimate of drug-likeness (QED) is 0.635. The van der Waals surface area contributed by atoms with Crippen molar-refractivity contribution < 1.29 is 0 Å². The number of aryl methyl sites for hydroxylation is 1. The summed E-state index contributed by atoms with van der Waals surface area (Å²) in [7, 11) is 2.17. The van der Waals surface area contributed by atoms with Crippen LogP contribution in [0.2, 0.25) is 0 Å². The van der Waals surface area contributed by atoms with E-state index in [1.54, 1.807) is 0 Å². The summed E-state index contributed by atoms with van der Waals surface area (Å²) in [5.41, 5.74) is 4.47. The first kappa shape index (κ1) is 9.57. The van der Waals surface area contributed by atoms with Crippen molar-refractivity contribution in [1.29, 1.82) is 0 Å². The van der Waals surface area contributed by atoms with Gasteiger partial charge in [-0.05, 0) is 23.5 Å². The summed E-state index contributed by atoms with van der Waals surface area (Å²) in [6.45, 7) is 6.85. The van der Waals surface area contributed by atoms with Crippen LogP contribution in [-0.4, -0.2) is 4.57 Å². The van der Waals surface area contributed by atoms with Gasteiger partial charge in [-0.2, -0.15) is 0 Å². The minimum absolute atomic E-state index is 0.625. The molecule has 1 heterocycles. The van der Waals surface area contributed by atoms with E-state index in [1.807, 2.05) is 0 Å². The Morgan fingerprint density at radius 2 is 2.14 bits per heavy atom. The minimum atomic E-state index is 0.625. The van der Waals surface area contributed by atoms with E-state index in [9.17, 15) is 0 Å². The first-order valence-electron chi connectivity index (χ1n) is 5.47. The Morgan fingerprint density at radius 1 is 1.43 bits per heavy atom. The van der Waals surface area contributed by atoms with Gasteiger partial charge < -0.3 is 4.57 Å². The molecule has 1 atom stereocenters. The highest BCUT2D eigenvalue weighted by atomic mass is 14.9. The zero-order chi connectivity index (χ0) is 10.3. The monoisotopic (exact) mass is 189 g/mol. The molecular weight excluding hydrogens is 170 g/mol. The van der Waals surface area contributed by atoms with Gasteiger partial charge in [-0.25, -0.2) is 0 Å². The van der Waals surface area contributed by atoms with Crippen molar-refractivity contribution in [3.05, 3.63) is 29.1 Å². The van der Waals surface area contributed by atoms with E-state index in [1.165, 1.54) is 23.2 Å². The van der Waals surface area contributed by atoms with Crippen LogP contribution >= 0.6 is 0 Å². The van der Waals surface area contributed by atoms with Gasteiger partial charge in [0.2, 0.25) is 0 Å². The molecule has 1 heteroatoms. The molecule has 0 aliphatic heterocycles. The lowest BCUT2D eigenvalue weighted by atomic mass is 9.90. The third-order valence-electron chi connectivity index (χ3n) is 3.16. The van der Waals surface area contributed by atoms with E-state index < -0.39 is 0 Å². The lowest BCUT2D eigenvalue weighted by Gasteiger charge is -2.17. The number of hydrogen-bond donors (Lipinski definition) is 0. The molecule has 2 rings (SSSR count). The normalized spacial score (nSPS) is 20.2. The van der Waals surface area contributed by atoms with Crippen molar-refractivity contribution in [2.45, 2.75) is 39.0 Å². The van der Waals surface area contributed by atoms with E-state index in [2.05, 4.69) is 50.7 Å². The number of rotatable bonds is 1. The Kier molecular flexibility index (Phi) is 2.26. The van der Waals surface area contributed by atoms with E-state index in [0.29, 0.717) is 11.8 Å². The molecule has 0 bridgehead atoms. The number of fused-ring (bicyclic) bond motifs is 1. The van der Waals surface area contributed by atoms with Crippen LogP contribution in [0.5, 0.6) is 0 Å². The van der Waals surface area contributed by atoms with Crippen molar-refractivity contribution >= 4 is 6.08 Å².